The van der Waals surface area contributed by atoms with Crippen LogP contribution in [0.4, 0.5) is 4.79 Å². The number of fused-ring (bicyclic) bond motifs is 3. The third-order valence-corrected chi connectivity index (χ3v) is 12.9. The van der Waals surface area contributed by atoms with E-state index in [0.717, 1.165) is 0 Å². The number of hydrogen-bond donors (Lipinski definition) is 6. The SMILES string of the molecule is CC(=O)O[C@@]12CO[C@]1(C)C[C@H](O)[C@]1(C)CCC3(O)C[C@H](OC(=O)[C@H](S)[C@@H](NC(=O)OC(C)(C)C)c4ccccc4)C(C)=C([C@@H](O)C1=O)C3(C)N2.COC(=O)c1ccccc1.O. The van der Waals surface area contributed by atoms with Crippen LogP contribution in [0.5, 0.6) is 0 Å². The van der Waals surface area contributed by atoms with E-state index < -0.39 is 86.9 Å². The summed E-state index contributed by atoms with van der Waals surface area (Å²) in [5.74, 6) is -2.43. The first-order chi connectivity index (χ1) is 27.9. The zero-order chi connectivity index (χ0) is 44.6. The summed E-state index contributed by atoms with van der Waals surface area (Å²) in [6.45, 7) is 12.7. The molecule has 1 amide bonds. The van der Waals surface area contributed by atoms with Gasteiger partial charge in [0, 0.05) is 19.8 Å². The average molecular weight is 873 g/mol. The van der Waals surface area contributed by atoms with Gasteiger partial charge in [0.05, 0.1) is 41.4 Å². The van der Waals surface area contributed by atoms with Crippen molar-refractivity contribution < 1.29 is 68.5 Å². The molecule has 7 rings (SSSR count). The highest BCUT2D eigenvalue weighted by molar-refractivity contribution is 7.81. The van der Waals surface area contributed by atoms with Crippen molar-refractivity contribution in [3.8, 4) is 0 Å². The Balaban J connectivity index is 0.000000653. The molecule has 2 aromatic carbocycles. The Bertz CT molecular complexity index is 1990. The van der Waals surface area contributed by atoms with Gasteiger partial charge in [-0.1, -0.05) is 55.5 Å². The molecule has 7 N–H and O–H groups in total. The number of thiol groups is 1. The van der Waals surface area contributed by atoms with Gasteiger partial charge in [0.1, 0.15) is 35.3 Å². The fourth-order valence-electron chi connectivity index (χ4n) is 8.73. The number of ketones is 1. The van der Waals surface area contributed by atoms with E-state index in [-0.39, 0.29) is 54.9 Å². The van der Waals surface area contributed by atoms with Crippen LogP contribution in [-0.4, -0.2) is 116 Å². The number of carbonyl (C=O) groups is 5. The van der Waals surface area contributed by atoms with Gasteiger partial charge in [-0.25, -0.2) is 9.59 Å². The van der Waals surface area contributed by atoms with Crippen LogP contribution in [0, 0.1) is 5.41 Å². The summed E-state index contributed by atoms with van der Waals surface area (Å²) in [6.07, 6.45) is -5.45. The van der Waals surface area contributed by atoms with Crippen LogP contribution < -0.4 is 10.6 Å². The van der Waals surface area contributed by atoms with Gasteiger partial charge in [-0.15, -0.1) is 0 Å². The minimum atomic E-state index is -1.84. The maximum Gasteiger partial charge on any atom is 0.408 e. The molecule has 2 aromatic rings. The van der Waals surface area contributed by atoms with Crippen molar-refractivity contribution in [1.82, 2.24) is 10.6 Å². The van der Waals surface area contributed by atoms with E-state index >= 15 is 0 Å². The van der Waals surface area contributed by atoms with Crippen LogP contribution in [0.3, 0.4) is 0 Å². The van der Waals surface area contributed by atoms with E-state index in [4.69, 9.17) is 18.9 Å². The fraction of sp³-hybridized carbons (Fsp3) is 0.568. The van der Waals surface area contributed by atoms with Crippen molar-refractivity contribution >= 4 is 42.4 Å². The molecule has 61 heavy (non-hydrogen) atoms. The zero-order valence-electron chi connectivity index (χ0n) is 36.1. The Morgan fingerprint density at radius 3 is 2.08 bits per heavy atom. The fourth-order valence-corrected chi connectivity index (χ4v) is 9.03. The van der Waals surface area contributed by atoms with Gasteiger partial charge in [-0.3, -0.25) is 19.7 Å². The number of aliphatic hydroxyl groups excluding tert-OH is 2. The number of hydrogen-bond acceptors (Lipinski definition) is 15. The molecule has 5 aliphatic rings. The first-order valence-corrected chi connectivity index (χ1v) is 20.4. The molecule has 1 saturated carbocycles. The lowest BCUT2D eigenvalue weighted by atomic mass is 9.54. The lowest BCUT2D eigenvalue weighted by molar-refractivity contribution is -0.337. The van der Waals surface area contributed by atoms with Crippen LogP contribution in [-0.2, 0) is 38.1 Å². The minimum Gasteiger partial charge on any atom is -0.465 e. The molecule has 0 aromatic heterocycles. The van der Waals surface area contributed by atoms with E-state index in [2.05, 4.69) is 28.0 Å². The second-order valence-corrected chi connectivity index (χ2v) is 18.2. The highest BCUT2D eigenvalue weighted by Crippen LogP contribution is 2.56. The van der Waals surface area contributed by atoms with Gasteiger partial charge < -0.3 is 49.8 Å². The van der Waals surface area contributed by atoms with Crippen molar-refractivity contribution in [2.75, 3.05) is 13.7 Å². The third kappa shape index (κ3) is 9.53. The summed E-state index contributed by atoms with van der Waals surface area (Å²) in [5.41, 5.74) is -7.14. The van der Waals surface area contributed by atoms with Crippen molar-refractivity contribution in [2.45, 2.75) is 139 Å². The maximum atomic E-state index is 14.2. The molecule has 17 heteroatoms. The first kappa shape index (κ1) is 49.3. The summed E-state index contributed by atoms with van der Waals surface area (Å²) < 4.78 is 27.8. The molecule has 336 valence electrons. The molecule has 2 unspecified atom stereocenters. The van der Waals surface area contributed by atoms with Gasteiger partial charge in [-0.2, -0.15) is 12.6 Å². The number of rotatable bonds is 7. The summed E-state index contributed by atoms with van der Waals surface area (Å²) in [5, 5.41) is 41.1. The molecule has 0 spiro atoms. The highest BCUT2D eigenvalue weighted by Gasteiger charge is 2.71. The maximum absolute atomic E-state index is 14.2. The molecular weight excluding hydrogens is 813 g/mol. The standard InChI is InChI=1S/C36H50N2O11S.C8H8O2.H2O/c1-19-22(47-29(43)27(50)25(21-12-10-9-11-13-21)37-30(44)49-31(3,4)5)16-35(45)15-14-32(6)23(40)17-33(7)36(18-46-33,48-20(2)39)38-34(35,8)24(19)26(41)28(32)42;1-10-8(9)7-5-3-2-4-6-7;/h9-13,22-23,25-27,38,40-41,45,50H,14-18H2,1-8H3,(H,37,44);2-6H,1H3;1H2/t22-,23-,25-,26+,27+,32-,33+,34?,35?,36-;;/m0../s1. The number of ether oxygens (including phenoxy) is 5. The van der Waals surface area contributed by atoms with E-state index in [0.29, 0.717) is 11.1 Å². The second kappa shape index (κ2) is 18.2. The van der Waals surface area contributed by atoms with E-state index in [1.54, 1.807) is 103 Å². The Kier molecular flexibility index (Phi) is 14.7. The van der Waals surface area contributed by atoms with E-state index in [1.165, 1.54) is 14.0 Å². The van der Waals surface area contributed by atoms with E-state index in [9.17, 15) is 39.3 Å². The number of methoxy groups -OCH3 is 1. The molecule has 0 radical (unpaired) electrons. The van der Waals surface area contributed by atoms with Gasteiger partial charge in [0.25, 0.3) is 0 Å². The second-order valence-electron chi connectivity index (χ2n) is 17.7. The number of carbonyl (C=O) groups excluding carboxylic acids is 5. The van der Waals surface area contributed by atoms with Crippen LogP contribution in [0.15, 0.2) is 71.8 Å². The smallest absolute Gasteiger partial charge is 0.408 e. The summed E-state index contributed by atoms with van der Waals surface area (Å²) in [7, 11) is 1.37. The molecule has 3 aliphatic heterocycles. The number of benzene rings is 2. The third-order valence-electron chi connectivity index (χ3n) is 12.4. The number of esters is 3. The molecule has 3 saturated heterocycles. The number of aliphatic hydroxyl groups is 3. The van der Waals surface area contributed by atoms with Gasteiger partial charge in [-0.05, 0) is 83.2 Å². The molecule has 3 heterocycles. The van der Waals surface area contributed by atoms with Crippen molar-refractivity contribution in [1.29, 1.82) is 0 Å². The molecule has 10 atom stereocenters. The van der Waals surface area contributed by atoms with Crippen molar-refractivity contribution in [2.24, 2.45) is 5.41 Å². The molecule has 16 nitrogen and oxygen atoms in total. The number of alkyl carbamates (subject to hydrolysis) is 1. The zero-order valence-corrected chi connectivity index (χ0v) is 37.0. The lowest BCUT2D eigenvalue weighted by Gasteiger charge is -2.65. The minimum absolute atomic E-state index is 0. The molecule has 4 fully saturated rings. The highest BCUT2D eigenvalue weighted by atomic mass is 32.1. The summed E-state index contributed by atoms with van der Waals surface area (Å²) in [4.78, 5) is 64.3. The van der Waals surface area contributed by atoms with Crippen molar-refractivity contribution in [3.05, 3.63) is 82.9 Å². The quantitative estimate of drug-likeness (QED) is 0.101. The van der Waals surface area contributed by atoms with Crippen LogP contribution in [0.25, 0.3) is 0 Å². The predicted molar refractivity (Wildman–Crippen MR) is 224 cm³/mol. The Labute approximate surface area is 361 Å². The van der Waals surface area contributed by atoms with Crippen LogP contribution in [0.2, 0.25) is 0 Å². The lowest BCUT2D eigenvalue weighted by Crippen LogP contribution is -2.84. The first-order valence-electron chi connectivity index (χ1n) is 19.9. The predicted octanol–water partition coefficient (Wildman–Crippen LogP) is 3.45. The Hall–Kier alpha value is -4.36. The van der Waals surface area contributed by atoms with Gasteiger partial charge in [0.2, 0.25) is 5.72 Å². The number of Topliss-reactive ketones (excluding diaryl/α,β-unsaturated/α-hetero) is 1. The summed E-state index contributed by atoms with van der Waals surface area (Å²) in [6, 6.07) is 16.6. The number of nitrogens with one attached hydrogen (secondary N) is 2. The molecule has 2 aliphatic carbocycles. The Morgan fingerprint density at radius 2 is 1.56 bits per heavy atom. The monoisotopic (exact) mass is 872 g/mol. The van der Waals surface area contributed by atoms with Crippen LogP contribution in [0.1, 0.15) is 103 Å². The van der Waals surface area contributed by atoms with Gasteiger partial charge in [0.15, 0.2) is 5.78 Å². The molecule has 4 bridgehead atoms. The molecular formula is C44H60N2O14S. The van der Waals surface area contributed by atoms with Crippen LogP contribution >= 0.6 is 12.6 Å². The van der Waals surface area contributed by atoms with E-state index in [1.807, 2.05) is 6.07 Å². The summed E-state index contributed by atoms with van der Waals surface area (Å²) >= 11 is 4.59. The van der Waals surface area contributed by atoms with Gasteiger partial charge >= 0.3 is 24.0 Å². The average Bonchev–Trinajstić information content (AvgIpc) is 3.18. The topological polar surface area (TPSA) is 248 Å². The number of amides is 1. The largest absolute Gasteiger partial charge is 0.465 e. The normalized spacial score (nSPS) is 32.7. The Morgan fingerprint density at radius 1 is 0.967 bits per heavy atom. The van der Waals surface area contributed by atoms with Crippen molar-refractivity contribution in [3.63, 3.8) is 0 Å².